The lowest BCUT2D eigenvalue weighted by Crippen LogP contribution is -2.51. The monoisotopic (exact) mass is 185 g/mol. The van der Waals surface area contributed by atoms with Crippen LogP contribution in [-0.2, 0) is 9.59 Å². The van der Waals surface area contributed by atoms with Gasteiger partial charge in [-0.05, 0) is 6.42 Å². The van der Waals surface area contributed by atoms with Crippen LogP contribution in [0.15, 0.2) is 0 Å². The van der Waals surface area contributed by atoms with Gasteiger partial charge in [0.1, 0.15) is 0 Å². The number of primary amides is 1. The van der Waals surface area contributed by atoms with Crippen LogP contribution in [0.2, 0.25) is 0 Å². The van der Waals surface area contributed by atoms with Gasteiger partial charge in [0.2, 0.25) is 11.8 Å². The first-order valence-corrected chi connectivity index (χ1v) is 4.36. The van der Waals surface area contributed by atoms with Gasteiger partial charge in [-0.3, -0.25) is 9.59 Å². The van der Waals surface area contributed by atoms with E-state index in [1.54, 1.807) is 0 Å². The molecule has 1 saturated heterocycles. The molecular weight excluding hydrogens is 170 g/mol. The predicted molar refractivity (Wildman–Crippen MR) is 47.8 cm³/mol. The van der Waals surface area contributed by atoms with Crippen LogP contribution in [-0.4, -0.2) is 30.9 Å². The summed E-state index contributed by atoms with van der Waals surface area (Å²) in [7, 11) is 0. The van der Waals surface area contributed by atoms with Crippen LogP contribution in [0.4, 0.5) is 0 Å². The highest BCUT2D eigenvalue weighted by Gasteiger charge is 2.25. The van der Waals surface area contributed by atoms with E-state index in [2.05, 4.69) is 10.6 Å². The highest BCUT2D eigenvalue weighted by Crippen LogP contribution is 2.09. The smallest absolute Gasteiger partial charge is 0.221 e. The Morgan fingerprint density at radius 1 is 1.46 bits per heavy atom. The molecule has 0 aromatic rings. The molecule has 0 unspecified atom stereocenters. The van der Waals surface area contributed by atoms with E-state index in [-0.39, 0.29) is 23.8 Å². The number of carbonyl (C=O) groups is 2. The Bertz CT molecular complexity index is 217. The van der Waals surface area contributed by atoms with Crippen LogP contribution >= 0.6 is 0 Å². The number of nitrogens with one attached hydrogen (secondary N) is 2. The van der Waals surface area contributed by atoms with E-state index in [0.29, 0.717) is 19.5 Å². The number of amides is 2. The molecule has 1 heterocycles. The summed E-state index contributed by atoms with van der Waals surface area (Å²) in [4.78, 5) is 21.6. The van der Waals surface area contributed by atoms with E-state index in [9.17, 15) is 9.59 Å². The molecule has 0 radical (unpaired) electrons. The SMILES string of the molecule is CC(=O)N[C@H]1CNC[C@@H](C(N)=O)C1. The molecule has 0 bridgehead atoms. The van der Waals surface area contributed by atoms with E-state index in [1.807, 2.05) is 0 Å². The van der Waals surface area contributed by atoms with Crippen LogP contribution in [0.3, 0.4) is 0 Å². The van der Waals surface area contributed by atoms with Gasteiger partial charge in [-0.2, -0.15) is 0 Å². The van der Waals surface area contributed by atoms with Crippen LogP contribution < -0.4 is 16.4 Å². The largest absolute Gasteiger partial charge is 0.369 e. The second-order valence-corrected chi connectivity index (χ2v) is 3.39. The fourth-order valence-electron chi connectivity index (χ4n) is 1.56. The maximum absolute atomic E-state index is 10.9. The lowest BCUT2D eigenvalue weighted by atomic mass is 9.95. The van der Waals surface area contributed by atoms with Gasteiger partial charge in [0.15, 0.2) is 0 Å². The predicted octanol–water partition coefficient (Wildman–Crippen LogP) is -1.41. The first kappa shape index (κ1) is 9.98. The van der Waals surface area contributed by atoms with E-state index in [4.69, 9.17) is 5.73 Å². The van der Waals surface area contributed by atoms with Crippen molar-refractivity contribution in [2.75, 3.05) is 13.1 Å². The molecule has 2 amide bonds. The van der Waals surface area contributed by atoms with E-state index in [0.717, 1.165) is 0 Å². The molecule has 0 aliphatic carbocycles. The fourth-order valence-corrected chi connectivity index (χ4v) is 1.56. The Morgan fingerprint density at radius 3 is 2.69 bits per heavy atom. The van der Waals surface area contributed by atoms with E-state index in [1.165, 1.54) is 6.92 Å². The summed E-state index contributed by atoms with van der Waals surface area (Å²) < 4.78 is 0. The molecule has 1 fully saturated rings. The second kappa shape index (κ2) is 4.23. The summed E-state index contributed by atoms with van der Waals surface area (Å²) >= 11 is 0. The number of hydrogen-bond donors (Lipinski definition) is 3. The average Bonchev–Trinajstić information content (AvgIpc) is 2.03. The maximum atomic E-state index is 10.9. The molecule has 1 rings (SSSR count). The number of piperidine rings is 1. The minimum absolute atomic E-state index is 0.0312. The molecule has 74 valence electrons. The quantitative estimate of drug-likeness (QED) is 0.494. The third-order valence-electron chi connectivity index (χ3n) is 2.16. The maximum Gasteiger partial charge on any atom is 0.221 e. The molecule has 5 nitrogen and oxygen atoms in total. The molecule has 1 aliphatic rings. The van der Waals surface area contributed by atoms with Gasteiger partial charge in [0, 0.05) is 26.1 Å². The van der Waals surface area contributed by atoms with Gasteiger partial charge in [-0.25, -0.2) is 0 Å². The van der Waals surface area contributed by atoms with E-state index < -0.39 is 0 Å². The normalized spacial score (nSPS) is 28.1. The minimum atomic E-state index is -0.303. The first-order chi connectivity index (χ1) is 6.09. The molecule has 0 spiro atoms. The molecule has 4 N–H and O–H groups in total. The van der Waals surface area contributed by atoms with Crippen LogP contribution in [0.5, 0.6) is 0 Å². The van der Waals surface area contributed by atoms with Crippen molar-refractivity contribution >= 4 is 11.8 Å². The van der Waals surface area contributed by atoms with Gasteiger partial charge in [0.25, 0.3) is 0 Å². The summed E-state index contributed by atoms with van der Waals surface area (Å²) in [6.07, 6.45) is 0.641. The van der Waals surface area contributed by atoms with Crippen molar-refractivity contribution < 1.29 is 9.59 Å². The first-order valence-electron chi connectivity index (χ1n) is 4.36. The summed E-state index contributed by atoms with van der Waals surface area (Å²) in [5.74, 6) is -0.537. The molecular formula is C8H15N3O2. The Kier molecular flexibility index (Phi) is 3.25. The second-order valence-electron chi connectivity index (χ2n) is 3.39. The van der Waals surface area contributed by atoms with Crippen molar-refractivity contribution in [3.05, 3.63) is 0 Å². The summed E-state index contributed by atoms with van der Waals surface area (Å²) in [5, 5.41) is 5.81. The Hall–Kier alpha value is -1.10. The zero-order valence-electron chi connectivity index (χ0n) is 7.67. The van der Waals surface area contributed by atoms with Gasteiger partial charge in [-0.1, -0.05) is 0 Å². The lowest BCUT2D eigenvalue weighted by Gasteiger charge is -2.28. The van der Waals surface area contributed by atoms with Crippen LogP contribution in [0.1, 0.15) is 13.3 Å². The average molecular weight is 185 g/mol. The molecule has 0 saturated carbocycles. The summed E-state index contributed by atoms with van der Waals surface area (Å²) in [6.45, 7) is 2.79. The van der Waals surface area contributed by atoms with Crippen molar-refractivity contribution in [3.63, 3.8) is 0 Å². The molecule has 13 heavy (non-hydrogen) atoms. The molecule has 0 aromatic heterocycles. The molecule has 2 atom stereocenters. The minimum Gasteiger partial charge on any atom is -0.369 e. The number of carbonyl (C=O) groups excluding carboxylic acids is 2. The van der Waals surface area contributed by atoms with Crippen molar-refractivity contribution in [2.45, 2.75) is 19.4 Å². The van der Waals surface area contributed by atoms with Gasteiger partial charge in [0.05, 0.1) is 5.92 Å². The Morgan fingerprint density at radius 2 is 2.15 bits per heavy atom. The standard InChI is InChI=1S/C8H15N3O2/c1-5(12)11-7-2-6(8(9)13)3-10-4-7/h6-7,10H,2-4H2,1H3,(H2,9,13)(H,11,12)/t6-,7+/m0/s1. The molecule has 1 aliphatic heterocycles. The van der Waals surface area contributed by atoms with Crippen molar-refractivity contribution in [3.8, 4) is 0 Å². The fraction of sp³-hybridized carbons (Fsp3) is 0.750. The zero-order valence-corrected chi connectivity index (χ0v) is 7.67. The lowest BCUT2D eigenvalue weighted by molar-refractivity contribution is -0.124. The van der Waals surface area contributed by atoms with Crippen LogP contribution in [0.25, 0.3) is 0 Å². The van der Waals surface area contributed by atoms with Crippen molar-refractivity contribution in [2.24, 2.45) is 11.7 Å². The van der Waals surface area contributed by atoms with Crippen molar-refractivity contribution in [1.82, 2.24) is 10.6 Å². The Balaban J connectivity index is 2.41. The molecule has 5 heteroatoms. The number of hydrogen-bond acceptors (Lipinski definition) is 3. The van der Waals surface area contributed by atoms with Gasteiger partial charge in [-0.15, -0.1) is 0 Å². The summed E-state index contributed by atoms with van der Waals surface area (Å²) in [6, 6.07) is 0.0312. The third-order valence-corrected chi connectivity index (χ3v) is 2.16. The highest BCUT2D eigenvalue weighted by atomic mass is 16.2. The molecule has 0 aromatic carbocycles. The van der Waals surface area contributed by atoms with Crippen molar-refractivity contribution in [1.29, 1.82) is 0 Å². The number of nitrogens with two attached hydrogens (primary N) is 1. The number of rotatable bonds is 2. The Labute approximate surface area is 77.1 Å². The third kappa shape index (κ3) is 3.02. The van der Waals surface area contributed by atoms with Gasteiger partial charge >= 0.3 is 0 Å². The van der Waals surface area contributed by atoms with E-state index >= 15 is 0 Å². The topological polar surface area (TPSA) is 84.2 Å². The zero-order chi connectivity index (χ0) is 9.84. The highest BCUT2D eigenvalue weighted by molar-refractivity contribution is 5.77. The van der Waals surface area contributed by atoms with Crippen LogP contribution in [0, 0.1) is 5.92 Å². The summed E-state index contributed by atoms with van der Waals surface area (Å²) in [5.41, 5.74) is 5.17. The van der Waals surface area contributed by atoms with Gasteiger partial charge < -0.3 is 16.4 Å².